The van der Waals surface area contributed by atoms with Crippen LogP contribution in [0.2, 0.25) is 0 Å². The Kier molecular flexibility index (Phi) is 5.73. The van der Waals surface area contributed by atoms with E-state index in [1.165, 1.54) is 12.1 Å². The Labute approximate surface area is 143 Å². The summed E-state index contributed by atoms with van der Waals surface area (Å²) in [4.78, 5) is 12.2. The molecule has 4 heteroatoms. The van der Waals surface area contributed by atoms with Gasteiger partial charge >= 0.3 is 0 Å². The molecule has 128 valence electrons. The molecule has 3 nitrogen and oxygen atoms in total. The molecule has 2 aromatic rings. The molecule has 2 rings (SSSR count). The minimum Gasteiger partial charge on any atom is -0.325 e. The predicted molar refractivity (Wildman–Crippen MR) is 96.4 cm³/mol. The maximum absolute atomic E-state index is 13.1. The van der Waals surface area contributed by atoms with Gasteiger partial charge in [0.15, 0.2) is 0 Å². The lowest BCUT2D eigenvalue weighted by Crippen LogP contribution is -2.37. The fourth-order valence-electron chi connectivity index (χ4n) is 2.62. The minimum absolute atomic E-state index is 0.0538. The second kappa shape index (κ2) is 7.58. The molecule has 0 fully saturated rings. The van der Waals surface area contributed by atoms with Crippen LogP contribution in [0.1, 0.15) is 37.9 Å². The number of halogens is 1. The van der Waals surface area contributed by atoms with Crippen LogP contribution in [0.5, 0.6) is 0 Å². The number of anilines is 1. The van der Waals surface area contributed by atoms with E-state index in [1.807, 2.05) is 31.2 Å². The standard InChI is InChI=1S/C20H25FN2O/c1-14-5-11-17(12-6-14)23-18(24)13-22-19(20(2,3)4)15-7-9-16(21)10-8-15/h5-12,19,22H,13H2,1-4H3,(H,23,24). The molecule has 0 aromatic heterocycles. The first-order valence-corrected chi connectivity index (χ1v) is 8.11. The van der Waals surface area contributed by atoms with Crippen LogP contribution >= 0.6 is 0 Å². The largest absolute Gasteiger partial charge is 0.325 e. The maximum Gasteiger partial charge on any atom is 0.238 e. The quantitative estimate of drug-likeness (QED) is 0.851. The van der Waals surface area contributed by atoms with Crippen molar-refractivity contribution in [2.45, 2.75) is 33.7 Å². The van der Waals surface area contributed by atoms with Gasteiger partial charge in [-0.3, -0.25) is 4.79 Å². The van der Waals surface area contributed by atoms with Gasteiger partial charge in [0.1, 0.15) is 5.82 Å². The van der Waals surface area contributed by atoms with Crippen molar-refractivity contribution in [2.24, 2.45) is 5.41 Å². The number of amides is 1. The summed E-state index contributed by atoms with van der Waals surface area (Å²) in [5.74, 6) is -0.362. The van der Waals surface area contributed by atoms with Crippen LogP contribution in [-0.4, -0.2) is 12.5 Å². The van der Waals surface area contributed by atoms with Gasteiger partial charge in [0.05, 0.1) is 6.54 Å². The van der Waals surface area contributed by atoms with E-state index in [2.05, 4.69) is 31.4 Å². The highest BCUT2D eigenvalue weighted by Gasteiger charge is 2.26. The molecule has 0 saturated carbocycles. The third-order valence-corrected chi connectivity index (χ3v) is 3.87. The topological polar surface area (TPSA) is 41.1 Å². The van der Waals surface area contributed by atoms with E-state index < -0.39 is 0 Å². The summed E-state index contributed by atoms with van der Waals surface area (Å²) in [6, 6.07) is 14.0. The Hall–Kier alpha value is -2.20. The van der Waals surface area contributed by atoms with Crippen molar-refractivity contribution < 1.29 is 9.18 Å². The highest BCUT2D eigenvalue weighted by atomic mass is 19.1. The predicted octanol–water partition coefficient (Wildman–Crippen LogP) is 4.45. The number of nitrogens with one attached hydrogen (secondary N) is 2. The van der Waals surface area contributed by atoms with Gasteiger partial charge in [-0.15, -0.1) is 0 Å². The molecular weight excluding hydrogens is 303 g/mol. The number of rotatable bonds is 5. The number of aryl methyl sites for hydroxylation is 1. The molecule has 0 aliphatic carbocycles. The normalized spacial score (nSPS) is 12.7. The van der Waals surface area contributed by atoms with Crippen molar-refractivity contribution in [3.8, 4) is 0 Å². The molecule has 24 heavy (non-hydrogen) atoms. The Balaban J connectivity index is 2.01. The van der Waals surface area contributed by atoms with Crippen LogP contribution < -0.4 is 10.6 Å². The summed E-state index contributed by atoms with van der Waals surface area (Å²) in [7, 11) is 0. The fraction of sp³-hybridized carbons (Fsp3) is 0.350. The zero-order valence-corrected chi connectivity index (χ0v) is 14.7. The monoisotopic (exact) mass is 328 g/mol. The lowest BCUT2D eigenvalue weighted by atomic mass is 9.82. The molecule has 2 N–H and O–H groups in total. The number of carbonyl (C=O) groups is 1. The Morgan fingerprint density at radius 1 is 1.04 bits per heavy atom. The van der Waals surface area contributed by atoms with E-state index in [0.717, 1.165) is 16.8 Å². The first-order chi connectivity index (χ1) is 11.3. The van der Waals surface area contributed by atoms with Crippen LogP contribution in [0, 0.1) is 18.2 Å². The Bertz CT molecular complexity index is 672. The van der Waals surface area contributed by atoms with E-state index in [1.54, 1.807) is 12.1 Å². The molecule has 0 saturated heterocycles. The first-order valence-electron chi connectivity index (χ1n) is 8.11. The molecule has 2 aromatic carbocycles. The molecule has 0 aliphatic heterocycles. The SMILES string of the molecule is Cc1ccc(NC(=O)CNC(c2ccc(F)cc2)C(C)(C)C)cc1. The molecule has 0 aliphatic rings. The van der Waals surface area contributed by atoms with Crippen molar-refractivity contribution in [3.05, 3.63) is 65.5 Å². The van der Waals surface area contributed by atoms with Crippen molar-refractivity contribution in [1.29, 1.82) is 0 Å². The highest BCUT2D eigenvalue weighted by Crippen LogP contribution is 2.32. The summed E-state index contributed by atoms with van der Waals surface area (Å²) < 4.78 is 13.1. The third kappa shape index (κ3) is 5.17. The van der Waals surface area contributed by atoms with E-state index in [9.17, 15) is 9.18 Å². The molecule has 1 atom stereocenters. The van der Waals surface area contributed by atoms with E-state index in [4.69, 9.17) is 0 Å². The third-order valence-electron chi connectivity index (χ3n) is 3.87. The van der Waals surface area contributed by atoms with Crippen LogP contribution in [0.25, 0.3) is 0 Å². The summed E-state index contributed by atoms with van der Waals surface area (Å²) >= 11 is 0. The second-order valence-corrected chi connectivity index (χ2v) is 7.15. The van der Waals surface area contributed by atoms with Crippen LogP contribution in [0.15, 0.2) is 48.5 Å². The van der Waals surface area contributed by atoms with Gasteiger partial charge in [0.2, 0.25) is 5.91 Å². The molecule has 1 amide bonds. The zero-order chi connectivity index (χ0) is 17.7. The highest BCUT2D eigenvalue weighted by molar-refractivity contribution is 5.92. The lowest BCUT2D eigenvalue weighted by molar-refractivity contribution is -0.115. The maximum atomic E-state index is 13.1. The lowest BCUT2D eigenvalue weighted by Gasteiger charge is -2.32. The van der Waals surface area contributed by atoms with Gasteiger partial charge in [-0.2, -0.15) is 0 Å². The molecule has 0 heterocycles. The van der Waals surface area contributed by atoms with E-state index in [0.29, 0.717) is 0 Å². The summed E-state index contributed by atoms with van der Waals surface area (Å²) in [5, 5.41) is 6.17. The summed E-state index contributed by atoms with van der Waals surface area (Å²) in [5.41, 5.74) is 2.78. The Morgan fingerprint density at radius 2 is 1.62 bits per heavy atom. The fourth-order valence-corrected chi connectivity index (χ4v) is 2.62. The average molecular weight is 328 g/mol. The molecule has 1 unspecified atom stereocenters. The minimum atomic E-state index is -0.261. The Morgan fingerprint density at radius 3 is 2.17 bits per heavy atom. The summed E-state index contributed by atoms with van der Waals surface area (Å²) in [6.07, 6.45) is 0. The zero-order valence-electron chi connectivity index (χ0n) is 14.7. The van der Waals surface area contributed by atoms with Crippen molar-refractivity contribution >= 4 is 11.6 Å². The van der Waals surface area contributed by atoms with Gasteiger partial charge in [-0.25, -0.2) is 4.39 Å². The van der Waals surface area contributed by atoms with Crippen LogP contribution in [-0.2, 0) is 4.79 Å². The van der Waals surface area contributed by atoms with E-state index >= 15 is 0 Å². The smallest absolute Gasteiger partial charge is 0.238 e. The molecule has 0 bridgehead atoms. The van der Waals surface area contributed by atoms with Crippen LogP contribution in [0.3, 0.4) is 0 Å². The van der Waals surface area contributed by atoms with E-state index in [-0.39, 0.29) is 29.7 Å². The number of carbonyl (C=O) groups excluding carboxylic acids is 1. The van der Waals surface area contributed by atoms with Gasteiger partial charge in [0.25, 0.3) is 0 Å². The van der Waals surface area contributed by atoms with Gasteiger partial charge < -0.3 is 10.6 Å². The molecular formula is C20H25FN2O. The van der Waals surface area contributed by atoms with Gasteiger partial charge in [-0.05, 0) is 42.2 Å². The van der Waals surface area contributed by atoms with Crippen molar-refractivity contribution in [1.82, 2.24) is 5.32 Å². The number of benzene rings is 2. The number of hydrogen-bond donors (Lipinski definition) is 2. The van der Waals surface area contributed by atoms with Crippen molar-refractivity contribution in [2.75, 3.05) is 11.9 Å². The van der Waals surface area contributed by atoms with Crippen LogP contribution in [0.4, 0.5) is 10.1 Å². The van der Waals surface area contributed by atoms with Gasteiger partial charge in [-0.1, -0.05) is 50.6 Å². The molecule has 0 spiro atoms. The molecule has 0 radical (unpaired) electrons. The second-order valence-electron chi connectivity index (χ2n) is 7.15. The summed E-state index contributed by atoms with van der Waals surface area (Å²) in [6.45, 7) is 8.46. The first kappa shape index (κ1) is 18.1. The van der Waals surface area contributed by atoms with Gasteiger partial charge in [0, 0.05) is 11.7 Å². The average Bonchev–Trinajstić information content (AvgIpc) is 2.50. The number of hydrogen-bond acceptors (Lipinski definition) is 2. The van der Waals surface area contributed by atoms with Crippen molar-refractivity contribution in [3.63, 3.8) is 0 Å².